The summed E-state index contributed by atoms with van der Waals surface area (Å²) in [7, 11) is 1.63. The Hall–Kier alpha value is -2.04. The molecule has 0 saturated carbocycles. The summed E-state index contributed by atoms with van der Waals surface area (Å²) in [5.41, 5.74) is -4.03. The second-order valence-electron chi connectivity index (χ2n) is 10.8. The van der Waals surface area contributed by atoms with Crippen LogP contribution in [0.2, 0.25) is 0 Å². The Kier molecular flexibility index (Phi) is 19.6. The average Bonchev–Trinajstić information content (AvgIpc) is 3.04. The number of benzene rings is 3. The normalized spacial score (nSPS) is 14.5. The molecular weight excluding hydrogens is 718 g/mol. The predicted molar refractivity (Wildman–Crippen MR) is 186 cm³/mol. The van der Waals surface area contributed by atoms with Crippen molar-refractivity contribution < 1.29 is 39.5 Å². The predicted octanol–water partition coefficient (Wildman–Crippen LogP) is 11.4. The van der Waals surface area contributed by atoms with Crippen molar-refractivity contribution >= 4 is 34.8 Å². The third-order valence-corrected chi connectivity index (χ3v) is 9.90. The van der Waals surface area contributed by atoms with Crippen molar-refractivity contribution in [1.82, 2.24) is 13.9 Å². The van der Waals surface area contributed by atoms with Crippen molar-refractivity contribution in [2.45, 2.75) is 84.9 Å². The van der Waals surface area contributed by atoms with E-state index in [9.17, 15) is 39.5 Å². The maximum atomic E-state index is 13.5. The van der Waals surface area contributed by atoms with E-state index in [1.807, 2.05) is 0 Å². The number of likely N-dealkylation sites (N-methyl/N-ethyl adjacent to an activating group) is 1. The van der Waals surface area contributed by atoms with Crippen LogP contribution in [-0.2, 0) is 10.9 Å². The number of nitrogens with zero attached hydrogens (tertiary/aromatic N) is 2. The summed E-state index contributed by atoms with van der Waals surface area (Å²) in [5, 5.41) is -5.30. The van der Waals surface area contributed by atoms with Gasteiger partial charge in [-0.25, -0.2) is 4.31 Å². The highest BCUT2D eigenvalue weighted by molar-refractivity contribution is 7.98. The number of aryl methyl sites for hydroxylation is 1. The van der Waals surface area contributed by atoms with Gasteiger partial charge in [0, 0.05) is 50.1 Å². The first-order valence-electron chi connectivity index (χ1n) is 15.5. The number of rotatable bonds is 9. The molecule has 0 bridgehead atoms. The third kappa shape index (κ3) is 15.4. The quantitative estimate of drug-likeness (QED) is 0.101. The van der Waals surface area contributed by atoms with E-state index in [0.29, 0.717) is 0 Å². The molecule has 3 aromatic rings. The molecule has 4 rings (SSSR count). The number of hydrogen-bond acceptors (Lipinski definition) is 5. The molecular formula is C34H45F9N3S3+. The largest absolute Gasteiger partial charge is 0.456 e. The topological polar surface area (TPSA) is 18.5 Å². The summed E-state index contributed by atoms with van der Waals surface area (Å²) in [6, 6.07) is 24.6. The Morgan fingerprint density at radius 2 is 1.02 bits per heavy atom. The SMILES string of the molecule is CCC.CCC.CN1CCN(SC(F)(F)C(F)(F)C(F)(F)NSC(F)(F)F)CC1.Cc1ccc([S+](c2ccccc2)c2ccccc2)cc1. The minimum absolute atomic E-state index is 0.0229. The smallest absolute Gasteiger partial charge is 0.304 e. The molecule has 3 aromatic carbocycles. The fourth-order valence-electron chi connectivity index (χ4n) is 3.66. The van der Waals surface area contributed by atoms with Gasteiger partial charge < -0.3 is 4.90 Å². The van der Waals surface area contributed by atoms with Gasteiger partial charge in [-0.05, 0) is 50.4 Å². The molecule has 1 N–H and O–H groups in total. The standard InChI is InChI=1S/C19H17S.C9H12F9N3S2.2C3H8/c1-16-12-14-19(15-13-16)20(17-8-4-2-5-9-17)18-10-6-3-7-11-18;1-20-2-4-21(5-3-20)23-8(14,15)6(10,11)7(12,13)19-22-9(16,17)18;2*1-3-2/h2-15H,1H3;19H,2-5H2,1H3;2*3H2,1-2H3/q+1;;;. The molecule has 0 spiro atoms. The van der Waals surface area contributed by atoms with Gasteiger partial charge in [0.05, 0.1) is 10.9 Å². The maximum absolute atomic E-state index is 13.5. The van der Waals surface area contributed by atoms with Gasteiger partial charge in [-0.3, -0.25) is 0 Å². The van der Waals surface area contributed by atoms with Crippen LogP contribution in [0.25, 0.3) is 0 Å². The van der Waals surface area contributed by atoms with E-state index in [-0.39, 0.29) is 41.8 Å². The van der Waals surface area contributed by atoms with Crippen LogP contribution in [-0.4, -0.2) is 65.2 Å². The first-order chi connectivity index (χ1) is 22.9. The van der Waals surface area contributed by atoms with Crippen LogP contribution in [0.5, 0.6) is 0 Å². The van der Waals surface area contributed by atoms with Gasteiger partial charge in [0.15, 0.2) is 14.7 Å². The van der Waals surface area contributed by atoms with Crippen LogP contribution in [0, 0.1) is 6.92 Å². The minimum Gasteiger partial charge on any atom is -0.304 e. The number of nitrogens with one attached hydrogen (secondary N) is 1. The summed E-state index contributed by atoms with van der Waals surface area (Å²) >= 11 is -2.51. The lowest BCUT2D eigenvalue weighted by Crippen LogP contribution is -2.59. The van der Waals surface area contributed by atoms with Gasteiger partial charge in [-0.15, -0.1) is 0 Å². The average molecular weight is 763 g/mol. The molecule has 276 valence electrons. The highest BCUT2D eigenvalue weighted by Crippen LogP contribution is 2.52. The van der Waals surface area contributed by atoms with E-state index < -0.39 is 46.6 Å². The Morgan fingerprint density at radius 3 is 1.41 bits per heavy atom. The van der Waals surface area contributed by atoms with Crippen LogP contribution in [0.1, 0.15) is 46.1 Å². The van der Waals surface area contributed by atoms with E-state index in [1.54, 1.807) is 11.9 Å². The van der Waals surface area contributed by atoms with Gasteiger partial charge in [-0.1, -0.05) is 94.6 Å². The van der Waals surface area contributed by atoms with E-state index in [4.69, 9.17) is 0 Å². The van der Waals surface area contributed by atoms with Crippen LogP contribution >= 0.6 is 23.9 Å². The fourth-order valence-corrected chi connectivity index (χ4v) is 7.03. The summed E-state index contributed by atoms with van der Waals surface area (Å²) < 4.78 is 116. The van der Waals surface area contributed by atoms with Gasteiger partial charge in [0.1, 0.15) is 0 Å². The Bertz CT molecular complexity index is 1250. The Morgan fingerprint density at radius 1 is 0.633 bits per heavy atom. The molecule has 1 aliphatic rings. The Balaban J connectivity index is 0.000000424. The lowest BCUT2D eigenvalue weighted by molar-refractivity contribution is -0.281. The molecule has 0 aliphatic carbocycles. The van der Waals surface area contributed by atoms with Crippen molar-refractivity contribution in [1.29, 1.82) is 0 Å². The third-order valence-electron chi connectivity index (χ3n) is 5.98. The van der Waals surface area contributed by atoms with Crippen LogP contribution in [0.3, 0.4) is 0 Å². The van der Waals surface area contributed by atoms with Gasteiger partial charge in [-0.2, -0.15) is 44.2 Å². The summed E-state index contributed by atoms with van der Waals surface area (Å²) in [6.07, 6.45) is 2.50. The molecule has 15 heteroatoms. The van der Waals surface area contributed by atoms with Gasteiger partial charge in [0.25, 0.3) is 0 Å². The Labute approximate surface area is 296 Å². The number of halogens is 9. The van der Waals surface area contributed by atoms with Crippen molar-refractivity contribution in [2.24, 2.45) is 0 Å². The second kappa shape index (κ2) is 21.4. The molecule has 49 heavy (non-hydrogen) atoms. The van der Waals surface area contributed by atoms with E-state index in [2.05, 4.69) is 120 Å². The zero-order valence-electron chi connectivity index (χ0n) is 28.3. The van der Waals surface area contributed by atoms with Gasteiger partial charge >= 0.3 is 22.7 Å². The lowest BCUT2D eigenvalue weighted by atomic mass is 10.2. The molecule has 1 fully saturated rings. The number of hydrogen-bond donors (Lipinski definition) is 1. The molecule has 1 saturated heterocycles. The zero-order chi connectivity index (χ0) is 37.3. The van der Waals surface area contributed by atoms with E-state index >= 15 is 0 Å². The fraction of sp³-hybridized carbons (Fsp3) is 0.471. The highest BCUT2D eigenvalue weighted by Gasteiger charge is 2.73. The molecule has 3 nitrogen and oxygen atoms in total. The molecule has 1 aliphatic heterocycles. The second-order valence-corrected chi connectivity index (χ2v) is 14.9. The van der Waals surface area contributed by atoms with Crippen LogP contribution < -0.4 is 4.72 Å². The van der Waals surface area contributed by atoms with Crippen LogP contribution in [0.4, 0.5) is 39.5 Å². The molecule has 0 atom stereocenters. The van der Waals surface area contributed by atoms with Crippen molar-refractivity contribution in [3.63, 3.8) is 0 Å². The molecule has 0 unspecified atom stereocenters. The number of alkyl halides is 9. The first-order valence-corrected chi connectivity index (χ1v) is 18.4. The van der Waals surface area contributed by atoms with Gasteiger partial charge in [0.2, 0.25) is 0 Å². The summed E-state index contributed by atoms with van der Waals surface area (Å²) in [5.74, 6) is -6.04. The van der Waals surface area contributed by atoms with Crippen molar-refractivity contribution in [3.8, 4) is 0 Å². The maximum Gasteiger partial charge on any atom is 0.456 e. The first kappa shape index (κ1) is 45.0. The zero-order valence-corrected chi connectivity index (χ0v) is 30.8. The van der Waals surface area contributed by atoms with E-state index in [1.165, 1.54) is 33.1 Å². The lowest BCUT2D eigenvalue weighted by Gasteiger charge is -2.37. The molecule has 0 aromatic heterocycles. The summed E-state index contributed by atoms with van der Waals surface area (Å²) in [4.78, 5) is 5.81. The van der Waals surface area contributed by atoms with Crippen molar-refractivity contribution in [2.75, 3.05) is 33.2 Å². The summed E-state index contributed by atoms with van der Waals surface area (Å²) in [6.45, 7) is 11.0. The monoisotopic (exact) mass is 762 g/mol. The molecule has 0 amide bonds. The van der Waals surface area contributed by atoms with Crippen molar-refractivity contribution in [3.05, 3.63) is 90.5 Å². The molecule has 0 radical (unpaired) electrons. The molecule has 1 heterocycles. The highest BCUT2D eigenvalue weighted by atomic mass is 32.2. The minimum atomic E-state index is -6.04. The van der Waals surface area contributed by atoms with Crippen LogP contribution in [0.15, 0.2) is 99.6 Å². The van der Waals surface area contributed by atoms with E-state index in [0.717, 1.165) is 4.31 Å². The number of piperazine rings is 1.